The molecule has 1 heterocycles. The van der Waals surface area contributed by atoms with Gasteiger partial charge in [-0.25, -0.2) is 0 Å². The molecule has 1 aromatic rings. The quantitative estimate of drug-likeness (QED) is 0.757. The zero-order chi connectivity index (χ0) is 16.5. The van der Waals surface area contributed by atoms with Crippen LogP contribution >= 0.6 is 11.6 Å². The molecule has 0 aromatic heterocycles. The topological polar surface area (TPSA) is 57.8 Å². The predicted octanol–water partition coefficient (Wildman–Crippen LogP) is 4.06. The molecule has 3 aliphatic rings. The molecule has 0 atom stereocenters. The van der Waals surface area contributed by atoms with Crippen LogP contribution in [0.25, 0.3) is 17.2 Å². The van der Waals surface area contributed by atoms with E-state index in [1.54, 1.807) is 0 Å². The molecule has 4 rings (SSSR count). The average molecular weight is 338 g/mol. The Morgan fingerprint density at radius 1 is 1.33 bits per heavy atom. The van der Waals surface area contributed by atoms with Crippen molar-refractivity contribution in [2.24, 2.45) is 0 Å². The van der Waals surface area contributed by atoms with E-state index in [4.69, 9.17) is 11.6 Å². The van der Waals surface area contributed by atoms with E-state index in [9.17, 15) is 4.79 Å². The molecule has 1 aromatic carbocycles. The van der Waals surface area contributed by atoms with Crippen LogP contribution in [0.1, 0.15) is 33.6 Å². The smallest absolute Gasteiger partial charge is 0.251 e. The Morgan fingerprint density at radius 2 is 2.25 bits per heavy atom. The van der Waals surface area contributed by atoms with Gasteiger partial charge in [-0.05, 0) is 48.2 Å². The van der Waals surface area contributed by atoms with Gasteiger partial charge in [0.15, 0.2) is 0 Å². The summed E-state index contributed by atoms with van der Waals surface area (Å²) in [6, 6.07) is 9.46. The highest BCUT2D eigenvalue weighted by Gasteiger charge is 2.24. The normalized spacial score (nSPS) is 13.0. The molecule has 5 heteroatoms. The lowest BCUT2D eigenvalue weighted by molar-refractivity contribution is 0.0950. The predicted molar refractivity (Wildman–Crippen MR) is 95.2 cm³/mol. The summed E-state index contributed by atoms with van der Waals surface area (Å²) in [5, 5.41) is 10.9. The van der Waals surface area contributed by atoms with Crippen LogP contribution in [0.3, 0.4) is 0 Å². The Hall–Kier alpha value is -2.59. The standard InChI is InChI=1S/C19H16ClN3O/c20-14-5-3-4-12(8-14)10-21-19(24)16-9-13-11-22-23-17-7-2-1-6-15(16)18(13)17/h2-5,7-9,11,22H,1,6,10H2,(H,21,24). The third-order valence-corrected chi connectivity index (χ3v) is 4.54. The maximum Gasteiger partial charge on any atom is 0.251 e. The molecule has 4 nitrogen and oxygen atoms in total. The van der Waals surface area contributed by atoms with Crippen LogP contribution in [0, 0.1) is 0 Å². The minimum Gasteiger partial charge on any atom is -0.348 e. The maximum absolute atomic E-state index is 12.7. The molecular formula is C19H16ClN3O. The van der Waals surface area contributed by atoms with E-state index < -0.39 is 0 Å². The number of carbonyl (C=O) groups is 1. The molecular weight excluding hydrogens is 322 g/mol. The van der Waals surface area contributed by atoms with Gasteiger partial charge in [0, 0.05) is 34.5 Å². The molecule has 2 N–H and O–H groups in total. The van der Waals surface area contributed by atoms with Crippen LogP contribution < -0.4 is 5.32 Å². The number of nitrogens with zero attached hydrogens (tertiary/aromatic N) is 1. The number of hydrogen-bond acceptors (Lipinski definition) is 2. The Bertz CT molecular complexity index is 913. The van der Waals surface area contributed by atoms with Gasteiger partial charge in [0.2, 0.25) is 0 Å². The summed E-state index contributed by atoms with van der Waals surface area (Å²) in [6.07, 6.45) is 7.71. The fourth-order valence-electron chi connectivity index (χ4n) is 3.20. The Balaban J connectivity index is 1.63. The number of allylic oxidation sites excluding steroid dienone is 1. The van der Waals surface area contributed by atoms with Crippen LogP contribution in [-0.4, -0.2) is 16.1 Å². The van der Waals surface area contributed by atoms with Gasteiger partial charge in [0.05, 0.1) is 5.69 Å². The first-order chi connectivity index (χ1) is 11.7. The number of rotatable bonds is 3. The number of hydrogen-bond donors (Lipinski definition) is 2. The van der Waals surface area contributed by atoms with Crippen molar-refractivity contribution >= 4 is 23.6 Å². The summed E-state index contributed by atoms with van der Waals surface area (Å²) >= 11 is 5.99. The zero-order valence-corrected chi connectivity index (χ0v) is 13.7. The van der Waals surface area contributed by atoms with E-state index in [2.05, 4.69) is 21.6 Å². The first-order valence-electron chi connectivity index (χ1n) is 7.91. The van der Waals surface area contributed by atoms with Crippen molar-refractivity contribution in [2.45, 2.75) is 19.4 Å². The van der Waals surface area contributed by atoms with Crippen molar-refractivity contribution in [1.82, 2.24) is 15.5 Å². The van der Waals surface area contributed by atoms with Gasteiger partial charge in [0.1, 0.15) is 0 Å². The lowest BCUT2D eigenvalue weighted by atomic mass is 10.0. The van der Waals surface area contributed by atoms with E-state index in [0.29, 0.717) is 11.6 Å². The number of halogens is 1. The first-order valence-corrected chi connectivity index (χ1v) is 8.29. The summed E-state index contributed by atoms with van der Waals surface area (Å²) in [7, 11) is 0. The number of benzene rings is 1. The minimum absolute atomic E-state index is 0.0611. The van der Waals surface area contributed by atoms with E-state index in [-0.39, 0.29) is 5.91 Å². The summed E-state index contributed by atoms with van der Waals surface area (Å²) in [6.45, 7) is 0.454. The van der Waals surface area contributed by atoms with Gasteiger partial charge in [-0.15, -0.1) is 0 Å². The molecule has 0 saturated carbocycles. The number of H-pyrrole nitrogens is 1. The van der Waals surface area contributed by atoms with Crippen LogP contribution in [0.15, 0.2) is 42.6 Å². The highest BCUT2D eigenvalue weighted by molar-refractivity contribution is 6.30. The Morgan fingerprint density at radius 3 is 3.12 bits per heavy atom. The van der Waals surface area contributed by atoms with Gasteiger partial charge < -0.3 is 5.32 Å². The van der Waals surface area contributed by atoms with Crippen molar-refractivity contribution in [2.75, 3.05) is 0 Å². The van der Waals surface area contributed by atoms with Gasteiger partial charge in [-0.1, -0.05) is 29.8 Å². The van der Waals surface area contributed by atoms with E-state index in [0.717, 1.165) is 46.4 Å². The molecule has 0 fully saturated rings. The average Bonchev–Trinajstić information content (AvgIpc) is 2.82. The van der Waals surface area contributed by atoms with Crippen LogP contribution in [0.4, 0.5) is 0 Å². The largest absolute Gasteiger partial charge is 0.348 e. The molecule has 24 heavy (non-hydrogen) atoms. The van der Waals surface area contributed by atoms with Crippen LogP contribution in [0.2, 0.25) is 5.02 Å². The lowest BCUT2D eigenvalue weighted by Crippen LogP contribution is -2.23. The molecule has 2 aliphatic carbocycles. The second kappa shape index (κ2) is 6.13. The van der Waals surface area contributed by atoms with Crippen molar-refractivity contribution in [3.8, 4) is 11.1 Å². The first kappa shape index (κ1) is 15.0. The second-order valence-electron chi connectivity index (χ2n) is 5.89. The Labute approximate surface area is 144 Å². The monoisotopic (exact) mass is 337 g/mol. The summed E-state index contributed by atoms with van der Waals surface area (Å²) in [4.78, 5) is 12.7. The van der Waals surface area contributed by atoms with Crippen molar-refractivity contribution in [3.63, 3.8) is 0 Å². The third kappa shape index (κ3) is 2.69. The Kier molecular flexibility index (Phi) is 3.82. The highest BCUT2D eigenvalue weighted by atomic mass is 35.5. The third-order valence-electron chi connectivity index (χ3n) is 4.30. The van der Waals surface area contributed by atoms with Crippen molar-refractivity contribution < 1.29 is 4.79 Å². The lowest BCUT2D eigenvalue weighted by Gasteiger charge is -2.08. The summed E-state index contributed by atoms with van der Waals surface area (Å²) in [5.74, 6) is -0.0611. The zero-order valence-electron chi connectivity index (χ0n) is 13.0. The molecule has 0 unspecified atom stereocenters. The van der Waals surface area contributed by atoms with Crippen molar-refractivity contribution in [1.29, 1.82) is 0 Å². The SMILES string of the molecule is O=C(NCc1cccc(Cl)c1)c1cc2c[nH]nc3c-2c1CCC=C3. The number of aromatic amines is 1. The van der Waals surface area contributed by atoms with Crippen LogP contribution in [-0.2, 0) is 13.0 Å². The molecule has 1 amide bonds. The fraction of sp³-hybridized carbons (Fsp3) is 0.158. The highest BCUT2D eigenvalue weighted by Crippen LogP contribution is 2.36. The van der Waals surface area contributed by atoms with Gasteiger partial charge >= 0.3 is 0 Å². The van der Waals surface area contributed by atoms with Gasteiger partial charge in [0.25, 0.3) is 5.91 Å². The molecule has 1 aliphatic heterocycles. The number of nitrogens with one attached hydrogen (secondary N) is 2. The molecule has 0 radical (unpaired) electrons. The van der Waals surface area contributed by atoms with E-state index >= 15 is 0 Å². The molecule has 0 saturated heterocycles. The maximum atomic E-state index is 12.7. The van der Waals surface area contributed by atoms with Crippen molar-refractivity contribution in [3.05, 3.63) is 70.0 Å². The van der Waals surface area contributed by atoms with Gasteiger partial charge in [-0.2, -0.15) is 5.10 Å². The fourth-order valence-corrected chi connectivity index (χ4v) is 3.41. The van der Waals surface area contributed by atoms with Gasteiger partial charge in [-0.3, -0.25) is 9.89 Å². The molecule has 0 bridgehead atoms. The molecule has 120 valence electrons. The van der Waals surface area contributed by atoms with E-state index in [1.165, 1.54) is 0 Å². The number of carbonyl (C=O) groups excluding carboxylic acids is 1. The van der Waals surface area contributed by atoms with E-state index in [1.807, 2.05) is 42.6 Å². The molecule has 0 spiro atoms. The second-order valence-corrected chi connectivity index (χ2v) is 6.33. The number of amides is 1. The minimum atomic E-state index is -0.0611. The summed E-state index contributed by atoms with van der Waals surface area (Å²) in [5.41, 5.74) is 5.79. The van der Waals surface area contributed by atoms with Crippen LogP contribution in [0.5, 0.6) is 0 Å². The summed E-state index contributed by atoms with van der Waals surface area (Å²) < 4.78 is 0. The number of aromatic nitrogens is 2.